The Labute approximate surface area is 83.1 Å². The average Bonchev–Trinajstić information content (AvgIpc) is 2.18. The SMILES string of the molecule is CCC(C)C(=CC(C#N)C#N)C(=O)O. The number of carboxylic acid groups (broad SMARTS) is 1. The molecular formula is C10H12N2O2. The molecule has 0 fully saturated rings. The first-order valence-corrected chi connectivity index (χ1v) is 4.31. The van der Waals surface area contributed by atoms with E-state index < -0.39 is 11.9 Å². The number of aliphatic carboxylic acids is 1. The van der Waals surface area contributed by atoms with E-state index in [-0.39, 0.29) is 11.5 Å². The van der Waals surface area contributed by atoms with E-state index in [9.17, 15) is 4.79 Å². The van der Waals surface area contributed by atoms with Gasteiger partial charge in [-0.15, -0.1) is 0 Å². The van der Waals surface area contributed by atoms with Crippen LogP contribution in [0.3, 0.4) is 0 Å². The van der Waals surface area contributed by atoms with Gasteiger partial charge in [0.05, 0.1) is 12.1 Å². The van der Waals surface area contributed by atoms with E-state index in [0.29, 0.717) is 6.42 Å². The molecule has 14 heavy (non-hydrogen) atoms. The number of hydrogen-bond donors (Lipinski definition) is 1. The van der Waals surface area contributed by atoms with Crippen LogP contribution in [0.1, 0.15) is 20.3 Å². The van der Waals surface area contributed by atoms with Gasteiger partial charge in [-0.3, -0.25) is 0 Å². The van der Waals surface area contributed by atoms with Crippen molar-refractivity contribution in [1.82, 2.24) is 0 Å². The molecule has 0 aliphatic heterocycles. The molecule has 0 amide bonds. The predicted molar refractivity (Wildman–Crippen MR) is 49.9 cm³/mol. The highest BCUT2D eigenvalue weighted by molar-refractivity contribution is 5.87. The van der Waals surface area contributed by atoms with Crippen molar-refractivity contribution in [2.45, 2.75) is 20.3 Å². The number of hydrogen-bond acceptors (Lipinski definition) is 3. The van der Waals surface area contributed by atoms with Crippen LogP contribution in [0.2, 0.25) is 0 Å². The zero-order valence-corrected chi connectivity index (χ0v) is 8.19. The zero-order chi connectivity index (χ0) is 11.1. The van der Waals surface area contributed by atoms with Crippen LogP contribution in [0.25, 0.3) is 0 Å². The molecule has 0 aliphatic rings. The Morgan fingerprint density at radius 2 is 2.00 bits per heavy atom. The summed E-state index contributed by atoms with van der Waals surface area (Å²) in [6.07, 6.45) is 1.89. The van der Waals surface area contributed by atoms with Gasteiger partial charge in [-0.1, -0.05) is 13.8 Å². The summed E-state index contributed by atoms with van der Waals surface area (Å²) in [4.78, 5) is 10.8. The summed E-state index contributed by atoms with van der Waals surface area (Å²) in [5.74, 6) is -2.18. The van der Waals surface area contributed by atoms with E-state index in [1.165, 1.54) is 6.08 Å². The molecule has 0 saturated carbocycles. The van der Waals surface area contributed by atoms with Gasteiger partial charge in [0.1, 0.15) is 0 Å². The van der Waals surface area contributed by atoms with Crippen LogP contribution in [0.5, 0.6) is 0 Å². The maximum Gasteiger partial charge on any atom is 0.331 e. The summed E-state index contributed by atoms with van der Waals surface area (Å²) in [6, 6.07) is 3.43. The fourth-order valence-electron chi connectivity index (χ4n) is 0.949. The Morgan fingerprint density at radius 3 is 2.29 bits per heavy atom. The number of carboxylic acids is 1. The first-order chi connectivity index (χ1) is 6.56. The summed E-state index contributed by atoms with van der Waals surface area (Å²) >= 11 is 0. The fourth-order valence-corrected chi connectivity index (χ4v) is 0.949. The third-order valence-electron chi connectivity index (χ3n) is 2.01. The molecule has 0 aromatic rings. The van der Waals surface area contributed by atoms with Gasteiger partial charge in [0, 0.05) is 5.57 Å². The molecule has 0 saturated heterocycles. The van der Waals surface area contributed by atoms with Crippen molar-refractivity contribution in [2.24, 2.45) is 11.8 Å². The maximum atomic E-state index is 10.8. The Morgan fingerprint density at radius 1 is 1.50 bits per heavy atom. The Balaban J connectivity index is 4.94. The van der Waals surface area contributed by atoms with Crippen LogP contribution in [0.15, 0.2) is 11.6 Å². The second-order valence-corrected chi connectivity index (χ2v) is 2.97. The van der Waals surface area contributed by atoms with Gasteiger partial charge in [0.15, 0.2) is 5.92 Å². The van der Waals surface area contributed by atoms with Crippen molar-refractivity contribution in [3.63, 3.8) is 0 Å². The molecule has 0 aliphatic carbocycles. The van der Waals surface area contributed by atoms with Gasteiger partial charge in [0.2, 0.25) is 0 Å². The van der Waals surface area contributed by atoms with E-state index in [1.807, 2.05) is 6.92 Å². The van der Waals surface area contributed by atoms with Gasteiger partial charge in [-0.05, 0) is 18.4 Å². The lowest BCUT2D eigenvalue weighted by molar-refractivity contribution is -0.133. The summed E-state index contributed by atoms with van der Waals surface area (Å²) in [7, 11) is 0. The lowest BCUT2D eigenvalue weighted by Crippen LogP contribution is -2.10. The highest BCUT2D eigenvalue weighted by Crippen LogP contribution is 2.16. The third-order valence-corrected chi connectivity index (χ3v) is 2.01. The van der Waals surface area contributed by atoms with E-state index in [2.05, 4.69) is 0 Å². The molecule has 74 valence electrons. The second-order valence-electron chi connectivity index (χ2n) is 2.97. The van der Waals surface area contributed by atoms with E-state index >= 15 is 0 Å². The molecule has 0 spiro atoms. The minimum absolute atomic E-state index is 0.139. The minimum Gasteiger partial charge on any atom is -0.478 e. The first kappa shape index (κ1) is 12.2. The molecule has 1 unspecified atom stereocenters. The Kier molecular flexibility index (Phi) is 5.02. The van der Waals surface area contributed by atoms with Gasteiger partial charge in [-0.2, -0.15) is 10.5 Å². The summed E-state index contributed by atoms with van der Waals surface area (Å²) < 4.78 is 0. The lowest BCUT2D eigenvalue weighted by atomic mass is 9.95. The van der Waals surface area contributed by atoms with Crippen molar-refractivity contribution in [1.29, 1.82) is 10.5 Å². The smallest absolute Gasteiger partial charge is 0.331 e. The van der Waals surface area contributed by atoms with Crippen LogP contribution in [-0.4, -0.2) is 11.1 Å². The van der Waals surface area contributed by atoms with Crippen LogP contribution in [0.4, 0.5) is 0 Å². The summed E-state index contributed by atoms with van der Waals surface area (Å²) in [5.41, 5.74) is 0.139. The molecule has 4 heteroatoms. The molecule has 4 nitrogen and oxygen atoms in total. The lowest BCUT2D eigenvalue weighted by Gasteiger charge is -2.09. The summed E-state index contributed by atoms with van der Waals surface area (Å²) in [6.45, 7) is 3.61. The molecule has 0 radical (unpaired) electrons. The van der Waals surface area contributed by atoms with Crippen LogP contribution < -0.4 is 0 Å². The van der Waals surface area contributed by atoms with Crippen molar-refractivity contribution in [3.8, 4) is 12.1 Å². The topological polar surface area (TPSA) is 84.9 Å². The fraction of sp³-hybridized carbons (Fsp3) is 0.500. The molecule has 0 aromatic carbocycles. The highest BCUT2D eigenvalue weighted by atomic mass is 16.4. The first-order valence-electron chi connectivity index (χ1n) is 4.31. The third kappa shape index (κ3) is 3.28. The van der Waals surface area contributed by atoms with E-state index in [4.69, 9.17) is 15.6 Å². The minimum atomic E-state index is -1.06. The van der Waals surface area contributed by atoms with Gasteiger partial charge in [0.25, 0.3) is 0 Å². The average molecular weight is 192 g/mol. The monoisotopic (exact) mass is 192 g/mol. The quantitative estimate of drug-likeness (QED) is 0.687. The number of nitrogens with zero attached hydrogens (tertiary/aromatic N) is 2. The number of allylic oxidation sites excluding steroid dienone is 1. The second kappa shape index (κ2) is 5.77. The molecule has 1 atom stereocenters. The van der Waals surface area contributed by atoms with Crippen LogP contribution in [-0.2, 0) is 4.79 Å². The van der Waals surface area contributed by atoms with Crippen molar-refractivity contribution in [3.05, 3.63) is 11.6 Å². The predicted octanol–water partition coefficient (Wildman–Crippen LogP) is 1.71. The number of rotatable bonds is 4. The van der Waals surface area contributed by atoms with Gasteiger partial charge >= 0.3 is 5.97 Å². The van der Waals surface area contributed by atoms with Gasteiger partial charge in [-0.25, -0.2) is 4.79 Å². The Bertz CT molecular complexity index is 306. The maximum absolute atomic E-state index is 10.8. The Hall–Kier alpha value is -1.81. The van der Waals surface area contributed by atoms with Crippen LogP contribution in [0, 0.1) is 34.5 Å². The molecule has 1 N–H and O–H groups in total. The molecule has 0 rings (SSSR count). The van der Waals surface area contributed by atoms with E-state index in [1.54, 1.807) is 19.1 Å². The van der Waals surface area contributed by atoms with Crippen molar-refractivity contribution in [2.75, 3.05) is 0 Å². The van der Waals surface area contributed by atoms with Gasteiger partial charge < -0.3 is 5.11 Å². The summed E-state index contributed by atoms with van der Waals surface area (Å²) in [5, 5.41) is 25.8. The number of carbonyl (C=O) groups is 1. The molecule has 0 heterocycles. The van der Waals surface area contributed by atoms with Crippen molar-refractivity contribution < 1.29 is 9.90 Å². The molecule has 0 aromatic heterocycles. The number of nitriles is 2. The highest BCUT2D eigenvalue weighted by Gasteiger charge is 2.16. The zero-order valence-electron chi connectivity index (χ0n) is 8.19. The molecule has 0 bridgehead atoms. The molecular weight excluding hydrogens is 180 g/mol. The largest absolute Gasteiger partial charge is 0.478 e. The van der Waals surface area contributed by atoms with E-state index in [0.717, 1.165) is 0 Å². The standard InChI is InChI=1S/C10H12N2O2/c1-3-7(2)9(10(13)14)4-8(5-11)6-12/h4,7-8H,3H2,1-2H3,(H,13,14). The van der Waals surface area contributed by atoms with Crippen molar-refractivity contribution >= 4 is 5.97 Å². The van der Waals surface area contributed by atoms with Crippen LogP contribution >= 0.6 is 0 Å². The normalized spacial score (nSPS) is 13.1.